The first-order valence-corrected chi connectivity index (χ1v) is 5.17. The lowest BCUT2D eigenvalue weighted by Gasteiger charge is -2.26. The molecular formula is C10H20N2. The van der Waals surface area contributed by atoms with Gasteiger partial charge in [-0.25, -0.2) is 0 Å². The van der Waals surface area contributed by atoms with E-state index in [0.717, 1.165) is 25.3 Å². The van der Waals surface area contributed by atoms with E-state index in [1.807, 2.05) is 0 Å². The maximum Gasteiger partial charge on any atom is 0.0954 e. The highest BCUT2D eigenvalue weighted by Gasteiger charge is 2.09. The van der Waals surface area contributed by atoms with Crippen molar-refractivity contribution in [1.29, 1.82) is 5.41 Å². The van der Waals surface area contributed by atoms with Gasteiger partial charge in [0.1, 0.15) is 0 Å². The van der Waals surface area contributed by atoms with Gasteiger partial charge in [-0.3, -0.25) is 5.41 Å². The van der Waals surface area contributed by atoms with Crippen LogP contribution in [0.5, 0.6) is 0 Å². The smallest absolute Gasteiger partial charge is 0.0954 e. The summed E-state index contributed by atoms with van der Waals surface area (Å²) in [5, 5.41) is 7.73. The molecule has 1 aliphatic rings. The standard InChI is InChI=1S/C10H20N2/c1-2-10(11)12-8-6-4-3-5-7-9-12/h11H,2-9H2,1H3. The second kappa shape index (κ2) is 5.18. The summed E-state index contributed by atoms with van der Waals surface area (Å²) in [5.74, 6) is 0.830. The summed E-state index contributed by atoms with van der Waals surface area (Å²) in [5.41, 5.74) is 0. The second-order valence-electron chi connectivity index (χ2n) is 3.56. The molecule has 0 bridgehead atoms. The quantitative estimate of drug-likeness (QED) is 0.473. The van der Waals surface area contributed by atoms with Crippen molar-refractivity contribution in [1.82, 2.24) is 4.90 Å². The van der Waals surface area contributed by atoms with Gasteiger partial charge in [-0.2, -0.15) is 0 Å². The molecule has 0 aromatic rings. The molecule has 0 aromatic heterocycles. The molecule has 2 heteroatoms. The van der Waals surface area contributed by atoms with Gasteiger partial charge in [0.05, 0.1) is 5.84 Å². The van der Waals surface area contributed by atoms with Crippen molar-refractivity contribution in [3.63, 3.8) is 0 Å². The van der Waals surface area contributed by atoms with Crippen molar-refractivity contribution in [2.24, 2.45) is 0 Å². The Hall–Kier alpha value is -0.530. The zero-order valence-electron chi connectivity index (χ0n) is 8.10. The molecule has 0 saturated carbocycles. The maximum atomic E-state index is 7.73. The van der Waals surface area contributed by atoms with Crippen LogP contribution in [0, 0.1) is 5.41 Å². The van der Waals surface area contributed by atoms with Crippen LogP contribution in [-0.2, 0) is 0 Å². The lowest BCUT2D eigenvalue weighted by Crippen LogP contribution is -2.32. The zero-order chi connectivity index (χ0) is 8.81. The first-order chi connectivity index (χ1) is 5.84. The molecule has 0 unspecified atom stereocenters. The van der Waals surface area contributed by atoms with Crippen LogP contribution in [0.15, 0.2) is 0 Å². The fourth-order valence-corrected chi connectivity index (χ4v) is 1.74. The van der Waals surface area contributed by atoms with Crippen LogP contribution >= 0.6 is 0 Å². The average molecular weight is 168 g/mol. The molecule has 1 saturated heterocycles. The van der Waals surface area contributed by atoms with Crippen LogP contribution in [0.2, 0.25) is 0 Å². The predicted molar refractivity (Wildman–Crippen MR) is 52.7 cm³/mol. The van der Waals surface area contributed by atoms with Crippen LogP contribution in [-0.4, -0.2) is 23.8 Å². The number of rotatable bonds is 1. The summed E-state index contributed by atoms with van der Waals surface area (Å²) in [7, 11) is 0. The van der Waals surface area contributed by atoms with Gasteiger partial charge in [-0.05, 0) is 12.8 Å². The van der Waals surface area contributed by atoms with Crippen LogP contribution in [0.25, 0.3) is 0 Å². The Balaban J connectivity index is 2.34. The number of amidine groups is 1. The molecule has 1 aliphatic heterocycles. The number of nitrogens with one attached hydrogen (secondary N) is 1. The summed E-state index contributed by atoms with van der Waals surface area (Å²) in [6.45, 7) is 4.31. The molecule has 1 N–H and O–H groups in total. The number of hydrogen-bond donors (Lipinski definition) is 1. The van der Waals surface area contributed by atoms with E-state index in [0.29, 0.717) is 0 Å². The van der Waals surface area contributed by atoms with Gasteiger partial charge >= 0.3 is 0 Å². The predicted octanol–water partition coefficient (Wildman–Crippen LogP) is 2.64. The largest absolute Gasteiger partial charge is 0.361 e. The van der Waals surface area contributed by atoms with E-state index in [4.69, 9.17) is 5.41 Å². The van der Waals surface area contributed by atoms with Gasteiger partial charge in [-0.15, -0.1) is 0 Å². The third-order valence-corrected chi connectivity index (χ3v) is 2.57. The molecule has 0 radical (unpaired) electrons. The molecule has 1 fully saturated rings. The molecule has 1 heterocycles. The normalized spacial score (nSPS) is 19.9. The molecule has 1 rings (SSSR count). The van der Waals surface area contributed by atoms with Crippen molar-refractivity contribution in [2.75, 3.05) is 13.1 Å². The number of likely N-dealkylation sites (tertiary alicyclic amines) is 1. The van der Waals surface area contributed by atoms with E-state index in [9.17, 15) is 0 Å². The Morgan fingerprint density at radius 3 is 2.08 bits per heavy atom. The number of hydrogen-bond acceptors (Lipinski definition) is 1. The van der Waals surface area contributed by atoms with Gasteiger partial charge in [0.25, 0.3) is 0 Å². The first-order valence-electron chi connectivity index (χ1n) is 5.17. The van der Waals surface area contributed by atoms with Crippen LogP contribution in [0.3, 0.4) is 0 Å². The molecule has 0 aliphatic carbocycles. The van der Waals surface area contributed by atoms with Crippen LogP contribution < -0.4 is 0 Å². The minimum atomic E-state index is 0.830. The van der Waals surface area contributed by atoms with Crippen molar-refractivity contribution in [2.45, 2.75) is 45.4 Å². The Morgan fingerprint density at radius 1 is 1.08 bits per heavy atom. The van der Waals surface area contributed by atoms with Gasteiger partial charge in [0.2, 0.25) is 0 Å². The maximum absolute atomic E-state index is 7.73. The SMILES string of the molecule is CCC(=N)N1CCCCCCC1. The molecule has 0 spiro atoms. The van der Waals surface area contributed by atoms with E-state index in [1.54, 1.807) is 0 Å². The van der Waals surface area contributed by atoms with Crippen molar-refractivity contribution in [3.05, 3.63) is 0 Å². The van der Waals surface area contributed by atoms with E-state index in [-0.39, 0.29) is 0 Å². The summed E-state index contributed by atoms with van der Waals surface area (Å²) in [6, 6.07) is 0. The minimum absolute atomic E-state index is 0.830. The molecule has 70 valence electrons. The Kier molecular flexibility index (Phi) is 4.12. The molecular weight excluding hydrogens is 148 g/mol. The summed E-state index contributed by atoms with van der Waals surface area (Å²) in [4.78, 5) is 2.25. The fourth-order valence-electron chi connectivity index (χ4n) is 1.74. The lowest BCUT2D eigenvalue weighted by atomic mass is 10.1. The molecule has 12 heavy (non-hydrogen) atoms. The summed E-state index contributed by atoms with van der Waals surface area (Å²) in [6.07, 6.45) is 7.55. The highest BCUT2D eigenvalue weighted by molar-refractivity contribution is 5.78. The van der Waals surface area contributed by atoms with E-state index in [2.05, 4.69) is 11.8 Å². The average Bonchev–Trinajstić information content (AvgIpc) is 2.02. The Labute approximate surface area is 75.5 Å². The summed E-state index contributed by atoms with van der Waals surface area (Å²) >= 11 is 0. The highest BCUT2D eigenvalue weighted by atomic mass is 15.2. The zero-order valence-corrected chi connectivity index (χ0v) is 8.10. The first kappa shape index (κ1) is 9.56. The van der Waals surface area contributed by atoms with Crippen LogP contribution in [0.1, 0.15) is 45.4 Å². The van der Waals surface area contributed by atoms with Gasteiger partial charge in [0, 0.05) is 19.5 Å². The van der Waals surface area contributed by atoms with E-state index < -0.39 is 0 Å². The third-order valence-electron chi connectivity index (χ3n) is 2.57. The monoisotopic (exact) mass is 168 g/mol. The van der Waals surface area contributed by atoms with E-state index in [1.165, 1.54) is 32.1 Å². The van der Waals surface area contributed by atoms with Gasteiger partial charge in [-0.1, -0.05) is 26.2 Å². The van der Waals surface area contributed by atoms with Crippen molar-refractivity contribution >= 4 is 5.84 Å². The van der Waals surface area contributed by atoms with Gasteiger partial charge in [0.15, 0.2) is 0 Å². The lowest BCUT2D eigenvalue weighted by molar-refractivity contribution is 0.355. The summed E-state index contributed by atoms with van der Waals surface area (Å²) < 4.78 is 0. The fraction of sp³-hybridized carbons (Fsp3) is 0.900. The molecule has 0 atom stereocenters. The molecule has 0 amide bonds. The van der Waals surface area contributed by atoms with Crippen molar-refractivity contribution in [3.8, 4) is 0 Å². The Bertz CT molecular complexity index is 135. The van der Waals surface area contributed by atoms with Crippen LogP contribution in [0.4, 0.5) is 0 Å². The highest BCUT2D eigenvalue weighted by Crippen LogP contribution is 2.11. The second-order valence-corrected chi connectivity index (χ2v) is 3.56. The molecule has 2 nitrogen and oxygen atoms in total. The minimum Gasteiger partial charge on any atom is -0.361 e. The number of nitrogens with zero attached hydrogens (tertiary/aromatic N) is 1. The molecule has 0 aromatic carbocycles. The van der Waals surface area contributed by atoms with Gasteiger partial charge < -0.3 is 4.90 Å². The van der Waals surface area contributed by atoms with E-state index >= 15 is 0 Å². The third kappa shape index (κ3) is 2.84. The topological polar surface area (TPSA) is 27.1 Å². The van der Waals surface area contributed by atoms with Crippen molar-refractivity contribution < 1.29 is 0 Å². The Morgan fingerprint density at radius 2 is 1.58 bits per heavy atom.